The number of halogens is 1. The molecule has 9 heteroatoms. The molecule has 0 radical (unpaired) electrons. The topological polar surface area (TPSA) is 81.9 Å². The fourth-order valence-electron chi connectivity index (χ4n) is 4.61. The van der Waals surface area contributed by atoms with Crippen LogP contribution in [0.2, 0.25) is 0 Å². The minimum Gasteiger partial charge on any atom is -0.493 e. The Morgan fingerprint density at radius 1 is 1.00 bits per heavy atom. The molecular weight excluding hydrogens is 483 g/mol. The third kappa shape index (κ3) is 3.27. The predicted octanol–water partition coefficient (Wildman–Crippen LogP) is 5.62. The fourth-order valence-corrected chi connectivity index (χ4v) is 5.63. The van der Waals surface area contributed by atoms with E-state index in [9.17, 15) is 14.0 Å². The Kier molecular flexibility index (Phi) is 5.04. The van der Waals surface area contributed by atoms with Crippen LogP contribution in [0, 0.1) is 12.7 Å². The third-order valence-corrected chi connectivity index (χ3v) is 7.31. The lowest BCUT2D eigenvalue weighted by atomic mass is 9.98. The summed E-state index contributed by atoms with van der Waals surface area (Å²) in [5, 5.41) is 0.715. The van der Waals surface area contributed by atoms with Gasteiger partial charge in [-0.2, -0.15) is 0 Å². The number of rotatable bonds is 4. The van der Waals surface area contributed by atoms with E-state index in [1.54, 1.807) is 36.4 Å². The van der Waals surface area contributed by atoms with Crippen molar-refractivity contribution in [2.24, 2.45) is 0 Å². The summed E-state index contributed by atoms with van der Waals surface area (Å²) in [5.74, 6) is 0.0197. The summed E-state index contributed by atoms with van der Waals surface area (Å²) in [4.78, 5) is 33.6. The quantitative estimate of drug-likeness (QED) is 0.317. The smallest absolute Gasteiger partial charge is 0.297 e. The number of ether oxygens (including phenoxy) is 2. The molecule has 1 atom stereocenters. The average molecular weight is 503 g/mol. The molecule has 0 N–H and O–H groups in total. The van der Waals surface area contributed by atoms with Crippen LogP contribution in [0.4, 0.5) is 9.52 Å². The number of nitrogens with zero attached hydrogens (tertiary/aromatic N) is 2. The van der Waals surface area contributed by atoms with Crippen molar-refractivity contribution in [3.8, 4) is 11.5 Å². The number of methoxy groups -OCH3 is 2. The molecule has 0 fully saturated rings. The first-order chi connectivity index (χ1) is 17.4. The first-order valence-corrected chi connectivity index (χ1v) is 11.9. The lowest BCUT2D eigenvalue weighted by molar-refractivity contribution is 0.0971. The van der Waals surface area contributed by atoms with Gasteiger partial charge in [-0.25, -0.2) is 9.37 Å². The number of carbonyl (C=O) groups is 1. The molecular formula is C27H19FN2O5S. The van der Waals surface area contributed by atoms with E-state index < -0.39 is 17.8 Å². The Bertz CT molecular complexity index is 1760. The highest BCUT2D eigenvalue weighted by Crippen LogP contribution is 2.45. The van der Waals surface area contributed by atoms with Crippen LogP contribution >= 0.6 is 11.3 Å². The third-order valence-electron chi connectivity index (χ3n) is 6.29. The van der Waals surface area contributed by atoms with Gasteiger partial charge in [0.1, 0.15) is 11.4 Å². The monoisotopic (exact) mass is 502 g/mol. The molecule has 1 aliphatic heterocycles. The van der Waals surface area contributed by atoms with Gasteiger partial charge in [0.25, 0.3) is 5.91 Å². The maximum atomic E-state index is 13.9. The van der Waals surface area contributed by atoms with Gasteiger partial charge in [0.05, 0.1) is 41.4 Å². The van der Waals surface area contributed by atoms with E-state index in [1.165, 1.54) is 42.6 Å². The van der Waals surface area contributed by atoms with Crippen LogP contribution in [0.25, 0.3) is 21.2 Å². The highest BCUT2D eigenvalue weighted by atomic mass is 32.1. The lowest BCUT2D eigenvalue weighted by Gasteiger charge is -2.23. The van der Waals surface area contributed by atoms with Crippen molar-refractivity contribution in [3.05, 3.63) is 93.1 Å². The Morgan fingerprint density at radius 2 is 1.81 bits per heavy atom. The summed E-state index contributed by atoms with van der Waals surface area (Å²) in [6, 6.07) is 13.9. The molecule has 1 aliphatic rings. The minimum absolute atomic E-state index is 0.0402. The van der Waals surface area contributed by atoms with Gasteiger partial charge >= 0.3 is 0 Å². The van der Waals surface area contributed by atoms with Crippen LogP contribution in [0.15, 0.2) is 63.8 Å². The number of hydrogen-bond acceptors (Lipinski definition) is 7. The average Bonchev–Trinajstić information content (AvgIpc) is 3.42. The first-order valence-electron chi connectivity index (χ1n) is 11.1. The second kappa shape index (κ2) is 8.17. The van der Waals surface area contributed by atoms with Crippen molar-refractivity contribution in [2.75, 3.05) is 19.1 Å². The summed E-state index contributed by atoms with van der Waals surface area (Å²) >= 11 is 1.17. The number of aromatic nitrogens is 1. The second-order valence-corrected chi connectivity index (χ2v) is 9.48. The van der Waals surface area contributed by atoms with E-state index in [0.717, 1.165) is 5.56 Å². The zero-order valence-electron chi connectivity index (χ0n) is 19.5. The van der Waals surface area contributed by atoms with Gasteiger partial charge < -0.3 is 13.9 Å². The lowest BCUT2D eigenvalue weighted by Crippen LogP contribution is -2.29. The summed E-state index contributed by atoms with van der Waals surface area (Å²) in [6.07, 6.45) is 0. The van der Waals surface area contributed by atoms with Gasteiger partial charge in [-0.05, 0) is 55.0 Å². The van der Waals surface area contributed by atoms with Gasteiger partial charge in [0.2, 0.25) is 5.76 Å². The zero-order valence-corrected chi connectivity index (χ0v) is 20.3. The number of aryl methyl sites for hydroxylation is 1. The number of hydrogen-bond donors (Lipinski definition) is 0. The first kappa shape index (κ1) is 22.2. The summed E-state index contributed by atoms with van der Waals surface area (Å²) in [6.45, 7) is 1.88. The fraction of sp³-hybridized carbons (Fsp3) is 0.148. The van der Waals surface area contributed by atoms with Crippen molar-refractivity contribution < 1.29 is 23.1 Å². The Morgan fingerprint density at radius 3 is 2.58 bits per heavy atom. The number of amides is 1. The predicted molar refractivity (Wildman–Crippen MR) is 135 cm³/mol. The van der Waals surface area contributed by atoms with Crippen LogP contribution in [-0.2, 0) is 0 Å². The number of anilines is 1. The van der Waals surface area contributed by atoms with Gasteiger partial charge in [-0.3, -0.25) is 14.5 Å². The van der Waals surface area contributed by atoms with E-state index in [4.69, 9.17) is 13.9 Å². The standard InChI is InChI=1S/C27H19FN2O5S/c1-13-4-8-18-16(10-13)24(31)22-23(14-5-9-19(33-2)20(11-14)34-3)30(26(32)25(22)35-18)27-29-17-7-6-15(28)12-21(17)36-27/h4-12,23H,1-3H3. The van der Waals surface area contributed by atoms with Gasteiger partial charge in [-0.15, -0.1) is 0 Å². The molecule has 180 valence electrons. The number of thiazole rings is 1. The molecule has 6 rings (SSSR count). The maximum absolute atomic E-state index is 13.9. The summed E-state index contributed by atoms with van der Waals surface area (Å²) < 4.78 is 31.3. The molecule has 0 spiro atoms. The van der Waals surface area contributed by atoms with E-state index in [-0.39, 0.29) is 16.8 Å². The summed E-state index contributed by atoms with van der Waals surface area (Å²) in [5.41, 5.74) is 2.31. The van der Waals surface area contributed by atoms with Crippen LogP contribution in [-0.4, -0.2) is 25.1 Å². The Balaban J connectivity index is 1.64. The largest absolute Gasteiger partial charge is 0.493 e. The van der Waals surface area contributed by atoms with Crippen LogP contribution in [0.1, 0.15) is 33.3 Å². The van der Waals surface area contributed by atoms with Crippen molar-refractivity contribution >= 4 is 43.6 Å². The molecule has 5 aromatic rings. The SMILES string of the molecule is COc1ccc(C2c3c(oc4ccc(C)cc4c3=O)C(=O)N2c2nc3ccc(F)cc3s2)cc1OC. The van der Waals surface area contributed by atoms with Crippen LogP contribution < -0.4 is 19.8 Å². The van der Waals surface area contributed by atoms with E-state index in [2.05, 4.69) is 4.98 Å². The van der Waals surface area contributed by atoms with Crippen molar-refractivity contribution in [1.82, 2.24) is 4.98 Å². The molecule has 0 saturated carbocycles. The number of carbonyl (C=O) groups excluding carboxylic acids is 1. The van der Waals surface area contributed by atoms with Crippen molar-refractivity contribution in [1.29, 1.82) is 0 Å². The maximum Gasteiger partial charge on any atom is 0.297 e. The minimum atomic E-state index is -0.834. The number of fused-ring (bicyclic) bond motifs is 3. The second-order valence-electron chi connectivity index (χ2n) is 8.47. The van der Waals surface area contributed by atoms with Gasteiger partial charge in [0, 0.05) is 0 Å². The Hall–Kier alpha value is -4.24. The highest BCUT2D eigenvalue weighted by Gasteiger charge is 2.45. The number of benzene rings is 3. The Labute approximate surface area is 208 Å². The van der Waals surface area contributed by atoms with Gasteiger partial charge in [-0.1, -0.05) is 29.0 Å². The molecule has 3 heterocycles. The zero-order chi connectivity index (χ0) is 25.1. The molecule has 1 unspecified atom stereocenters. The van der Waals surface area contributed by atoms with Gasteiger partial charge in [0.15, 0.2) is 22.1 Å². The molecule has 0 aliphatic carbocycles. The molecule has 0 bridgehead atoms. The van der Waals surface area contributed by atoms with Crippen LogP contribution in [0.5, 0.6) is 11.5 Å². The molecule has 3 aromatic carbocycles. The van der Waals surface area contributed by atoms with E-state index in [0.29, 0.717) is 43.4 Å². The highest BCUT2D eigenvalue weighted by molar-refractivity contribution is 7.22. The molecule has 2 aromatic heterocycles. The summed E-state index contributed by atoms with van der Waals surface area (Å²) in [7, 11) is 3.04. The molecule has 0 saturated heterocycles. The molecule has 36 heavy (non-hydrogen) atoms. The normalized spacial score (nSPS) is 15.1. The van der Waals surface area contributed by atoms with E-state index in [1.807, 2.05) is 13.0 Å². The molecule has 7 nitrogen and oxygen atoms in total. The van der Waals surface area contributed by atoms with E-state index >= 15 is 0 Å². The molecule has 1 amide bonds. The van der Waals surface area contributed by atoms with Crippen molar-refractivity contribution in [3.63, 3.8) is 0 Å². The van der Waals surface area contributed by atoms with Crippen molar-refractivity contribution in [2.45, 2.75) is 13.0 Å². The van der Waals surface area contributed by atoms with Crippen LogP contribution in [0.3, 0.4) is 0 Å².